The van der Waals surface area contributed by atoms with Crippen LogP contribution in [0.1, 0.15) is 25.7 Å². The Morgan fingerprint density at radius 1 is 1.07 bits per heavy atom. The molecule has 3 amide bonds. The zero-order valence-electron chi connectivity index (χ0n) is 15.1. The maximum atomic E-state index is 12.3. The molecule has 1 saturated carbocycles. The molecule has 1 N–H and O–H groups in total. The Kier molecular flexibility index (Phi) is 5.73. The Hall–Kier alpha value is -2.90. The quantitative estimate of drug-likeness (QED) is 0.596. The fourth-order valence-electron chi connectivity index (χ4n) is 3.58. The summed E-state index contributed by atoms with van der Waals surface area (Å²) < 4.78 is 9.94. The third-order valence-corrected chi connectivity index (χ3v) is 4.96. The number of nitrogens with one attached hydrogen (secondary N) is 1. The highest BCUT2D eigenvalue weighted by molar-refractivity contribution is 6.07. The second-order valence-electron chi connectivity index (χ2n) is 6.70. The van der Waals surface area contributed by atoms with E-state index in [2.05, 4.69) is 5.32 Å². The number of anilines is 1. The maximum absolute atomic E-state index is 12.3. The number of imide groups is 1. The number of rotatable bonds is 6. The van der Waals surface area contributed by atoms with Crippen LogP contribution in [0.5, 0.6) is 5.75 Å². The molecule has 0 unspecified atom stereocenters. The lowest BCUT2D eigenvalue weighted by molar-refractivity contribution is -0.154. The fraction of sp³-hybridized carbons (Fsp3) is 0.474. The lowest BCUT2D eigenvalue weighted by Crippen LogP contribution is -2.37. The number of methoxy groups -OCH3 is 1. The van der Waals surface area contributed by atoms with E-state index in [4.69, 9.17) is 9.47 Å². The van der Waals surface area contributed by atoms with Gasteiger partial charge < -0.3 is 14.8 Å². The average molecular weight is 374 g/mol. The van der Waals surface area contributed by atoms with Crippen molar-refractivity contribution in [2.45, 2.75) is 25.7 Å². The predicted octanol–water partition coefficient (Wildman–Crippen LogP) is 1.35. The molecule has 1 aliphatic heterocycles. The van der Waals surface area contributed by atoms with Gasteiger partial charge in [0.15, 0.2) is 6.61 Å². The number of carbonyl (C=O) groups is 4. The van der Waals surface area contributed by atoms with Crippen molar-refractivity contribution in [1.82, 2.24) is 4.90 Å². The van der Waals surface area contributed by atoms with E-state index in [1.807, 2.05) is 0 Å². The van der Waals surface area contributed by atoms with Crippen molar-refractivity contribution in [2.75, 3.05) is 25.6 Å². The molecule has 8 heteroatoms. The average Bonchev–Trinajstić information content (AvgIpc) is 2.92. The SMILES string of the molecule is COc1ccc(NC(=O)COC(=O)CN2C(=O)[C@H]3CCCC[C@@H]3C2=O)cc1. The van der Waals surface area contributed by atoms with Crippen LogP contribution in [0.25, 0.3) is 0 Å². The maximum Gasteiger partial charge on any atom is 0.326 e. The van der Waals surface area contributed by atoms with Gasteiger partial charge in [0.2, 0.25) is 11.8 Å². The fourth-order valence-corrected chi connectivity index (χ4v) is 3.58. The molecular weight excluding hydrogens is 352 g/mol. The first-order chi connectivity index (χ1) is 13.0. The van der Waals surface area contributed by atoms with Crippen molar-refractivity contribution in [3.05, 3.63) is 24.3 Å². The normalized spacial score (nSPS) is 21.6. The standard InChI is InChI=1S/C19H22N2O6/c1-26-13-8-6-12(7-9-13)20-16(22)11-27-17(23)10-21-18(24)14-4-2-3-5-15(14)19(21)25/h6-9,14-15H,2-5,10-11H2,1H3,(H,20,22)/t14-,15-/m0/s1. The highest BCUT2D eigenvalue weighted by atomic mass is 16.5. The number of carbonyl (C=O) groups excluding carboxylic acids is 4. The van der Waals surface area contributed by atoms with Gasteiger partial charge in [-0.05, 0) is 37.1 Å². The second-order valence-corrected chi connectivity index (χ2v) is 6.70. The van der Waals surface area contributed by atoms with E-state index in [0.717, 1.165) is 17.7 Å². The Bertz CT molecular complexity index is 721. The van der Waals surface area contributed by atoms with Gasteiger partial charge in [-0.2, -0.15) is 0 Å². The van der Waals surface area contributed by atoms with Crippen LogP contribution in [0.4, 0.5) is 5.69 Å². The number of ether oxygens (including phenoxy) is 2. The molecule has 2 aliphatic rings. The minimum atomic E-state index is -0.778. The van der Waals surface area contributed by atoms with Crippen LogP contribution >= 0.6 is 0 Å². The molecule has 8 nitrogen and oxygen atoms in total. The van der Waals surface area contributed by atoms with Crippen LogP contribution in [0.15, 0.2) is 24.3 Å². The van der Waals surface area contributed by atoms with E-state index >= 15 is 0 Å². The summed E-state index contributed by atoms with van der Waals surface area (Å²) in [6.45, 7) is -0.936. The van der Waals surface area contributed by atoms with Gasteiger partial charge >= 0.3 is 5.97 Å². The van der Waals surface area contributed by atoms with Crippen molar-refractivity contribution < 1.29 is 28.7 Å². The van der Waals surface area contributed by atoms with Gasteiger partial charge in [0.1, 0.15) is 12.3 Å². The monoisotopic (exact) mass is 374 g/mol. The van der Waals surface area contributed by atoms with Crippen LogP contribution in [0.2, 0.25) is 0 Å². The minimum absolute atomic E-state index is 0.302. The number of hydrogen-bond donors (Lipinski definition) is 1. The molecular formula is C19H22N2O6. The summed E-state index contributed by atoms with van der Waals surface area (Å²) in [7, 11) is 1.54. The Balaban J connectivity index is 1.47. The van der Waals surface area contributed by atoms with Crippen LogP contribution in [0, 0.1) is 11.8 Å². The number of esters is 1. The minimum Gasteiger partial charge on any atom is -0.497 e. The van der Waals surface area contributed by atoms with Crippen LogP contribution in [0.3, 0.4) is 0 Å². The van der Waals surface area contributed by atoms with Gasteiger partial charge in [-0.3, -0.25) is 24.1 Å². The molecule has 1 saturated heterocycles. The number of amides is 3. The van der Waals surface area contributed by atoms with Gasteiger partial charge in [0.05, 0.1) is 18.9 Å². The van der Waals surface area contributed by atoms with Crippen molar-refractivity contribution >= 4 is 29.4 Å². The molecule has 144 valence electrons. The third kappa shape index (κ3) is 4.27. The second kappa shape index (κ2) is 8.20. The molecule has 0 bridgehead atoms. The first-order valence-electron chi connectivity index (χ1n) is 8.94. The molecule has 2 fully saturated rings. The predicted molar refractivity (Wildman–Crippen MR) is 94.8 cm³/mol. The molecule has 0 radical (unpaired) electrons. The third-order valence-electron chi connectivity index (χ3n) is 4.96. The summed E-state index contributed by atoms with van der Waals surface area (Å²) in [5.74, 6) is -1.86. The molecule has 3 rings (SSSR count). The largest absolute Gasteiger partial charge is 0.497 e. The van der Waals surface area contributed by atoms with E-state index in [1.54, 1.807) is 24.3 Å². The van der Waals surface area contributed by atoms with E-state index in [1.165, 1.54) is 7.11 Å². The van der Waals surface area contributed by atoms with Crippen LogP contribution < -0.4 is 10.1 Å². The molecule has 1 aliphatic carbocycles. The summed E-state index contributed by atoms with van der Waals surface area (Å²) in [5.41, 5.74) is 0.533. The van der Waals surface area contributed by atoms with Gasteiger partial charge in [0, 0.05) is 5.69 Å². The van der Waals surface area contributed by atoms with E-state index in [-0.39, 0.29) is 23.7 Å². The Morgan fingerprint density at radius 3 is 2.22 bits per heavy atom. The molecule has 2 atom stereocenters. The lowest BCUT2D eigenvalue weighted by atomic mass is 9.81. The Labute approximate surface area is 156 Å². The van der Waals surface area contributed by atoms with E-state index in [0.29, 0.717) is 24.3 Å². The molecule has 27 heavy (non-hydrogen) atoms. The van der Waals surface area contributed by atoms with Gasteiger partial charge in [-0.25, -0.2) is 0 Å². The number of fused-ring (bicyclic) bond motifs is 1. The molecule has 0 spiro atoms. The first-order valence-corrected chi connectivity index (χ1v) is 8.94. The van der Waals surface area contributed by atoms with E-state index in [9.17, 15) is 19.2 Å². The number of benzene rings is 1. The number of hydrogen-bond acceptors (Lipinski definition) is 6. The molecule has 1 aromatic carbocycles. The number of nitrogens with zero attached hydrogens (tertiary/aromatic N) is 1. The number of likely N-dealkylation sites (tertiary alicyclic amines) is 1. The van der Waals surface area contributed by atoms with Crippen molar-refractivity contribution in [3.8, 4) is 5.75 Å². The van der Waals surface area contributed by atoms with E-state index < -0.39 is 25.0 Å². The van der Waals surface area contributed by atoms with Gasteiger partial charge in [-0.1, -0.05) is 12.8 Å². The van der Waals surface area contributed by atoms with Crippen LogP contribution in [-0.4, -0.2) is 48.9 Å². The summed E-state index contributed by atoms with van der Waals surface area (Å²) in [5, 5.41) is 2.58. The van der Waals surface area contributed by atoms with Gasteiger partial charge in [0.25, 0.3) is 5.91 Å². The lowest BCUT2D eigenvalue weighted by Gasteiger charge is -2.19. The molecule has 1 heterocycles. The van der Waals surface area contributed by atoms with Crippen LogP contribution in [-0.2, 0) is 23.9 Å². The topological polar surface area (TPSA) is 102 Å². The summed E-state index contributed by atoms with van der Waals surface area (Å²) >= 11 is 0. The van der Waals surface area contributed by atoms with Crippen molar-refractivity contribution in [1.29, 1.82) is 0 Å². The van der Waals surface area contributed by atoms with Crippen molar-refractivity contribution in [2.24, 2.45) is 11.8 Å². The first kappa shape index (κ1) is 18.9. The highest BCUT2D eigenvalue weighted by Crippen LogP contribution is 2.37. The smallest absolute Gasteiger partial charge is 0.326 e. The van der Waals surface area contributed by atoms with Crippen molar-refractivity contribution in [3.63, 3.8) is 0 Å². The summed E-state index contributed by atoms with van der Waals surface area (Å²) in [4.78, 5) is 49.5. The summed E-state index contributed by atoms with van der Waals surface area (Å²) in [6, 6.07) is 6.68. The Morgan fingerprint density at radius 2 is 1.67 bits per heavy atom. The molecule has 0 aromatic heterocycles. The van der Waals surface area contributed by atoms with Gasteiger partial charge in [-0.15, -0.1) is 0 Å². The highest BCUT2D eigenvalue weighted by Gasteiger charge is 2.48. The molecule has 1 aromatic rings. The zero-order chi connectivity index (χ0) is 19.4. The summed E-state index contributed by atoms with van der Waals surface area (Å²) in [6.07, 6.45) is 3.21. The zero-order valence-corrected chi connectivity index (χ0v) is 15.1.